The van der Waals surface area contributed by atoms with Crippen molar-refractivity contribution in [2.75, 3.05) is 65.3 Å². The molecule has 3 aliphatic rings. The highest BCUT2D eigenvalue weighted by molar-refractivity contribution is 5.78. The predicted molar refractivity (Wildman–Crippen MR) is 145 cm³/mol. The SMILES string of the molecule is COc1ccc2cc1CN(C)CCNC(=O)CN1CCN(CC1)Cc1cccc(c1)Nc1nccc-2n1. The first-order valence-electron chi connectivity index (χ1n) is 12.8. The van der Waals surface area contributed by atoms with E-state index in [-0.39, 0.29) is 5.91 Å². The lowest BCUT2D eigenvalue weighted by Crippen LogP contribution is -2.49. The van der Waals surface area contributed by atoms with Gasteiger partial charge in [0.05, 0.1) is 19.3 Å². The van der Waals surface area contributed by atoms with E-state index in [9.17, 15) is 4.79 Å². The molecular weight excluding hydrogens is 466 g/mol. The van der Waals surface area contributed by atoms with Gasteiger partial charge in [-0.15, -0.1) is 0 Å². The lowest BCUT2D eigenvalue weighted by molar-refractivity contribution is -0.122. The summed E-state index contributed by atoms with van der Waals surface area (Å²) in [4.78, 5) is 28.7. The Labute approximate surface area is 218 Å². The maximum Gasteiger partial charge on any atom is 0.234 e. The summed E-state index contributed by atoms with van der Waals surface area (Å²) in [5, 5.41) is 6.47. The lowest BCUT2D eigenvalue weighted by atomic mass is 10.1. The van der Waals surface area contributed by atoms with E-state index in [2.05, 4.69) is 61.6 Å². The maximum absolute atomic E-state index is 12.5. The summed E-state index contributed by atoms with van der Waals surface area (Å²) in [6, 6.07) is 16.4. The van der Waals surface area contributed by atoms with Crippen molar-refractivity contribution in [3.05, 3.63) is 65.9 Å². The van der Waals surface area contributed by atoms with Gasteiger partial charge in [-0.25, -0.2) is 9.97 Å². The Kier molecular flexibility index (Phi) is 7.93. The number of likely N-dealkylation sites (N-methyl/N-ethyl adjacent to an activating group) is 1. The molecule has 9 heteroatoms. The Morgan fingerprint density at radius 3 is 2.54 bits per heavy atom. The van der Waals surface area contributed by atoms with Crippen molar-refractivity contribution in [2.45, 2.75) is 13.1 Å². The van der Waals surface area contributed by atoms with Crippen molar-refractivity contribution in [1.82, 2.24) is 30.0 Å². The molecule has 3 aliphatic heterocycles. The van der Waals surface area contributed by atoms with E-state index < -0.39 is 0 Å². The molecular formula is C28H35N7O2. The van der Waals surface area contributed by atoms with Crippen LogP contribution in [-0.4, -0.2) is 90.5 Å². The summed E-state index contributed by atoms with van der Waals surface area (Å²) in [6.45, 7) is 7.03. The third-order valence-electron chi connectivity index (χ3n) is 6.91. The Morgan fingerprint density at radius 2 is 1.73 bits per heavy atom. The van der Waals surface area contributed by atoms with E-state index in [1.165, 1.54) is 5.56 Å². The van der Waals surface area contributed by atoms with Gasteiger partial charge in [0, 0.05) is 75.4 Å². The van der Waals surface area contributed by atoms with Gasteiger partial charge in [-0.3, -0.25) is 14.6 Å². The van der Waals surface area contributed by atoms with Gasteiger partial charge in [-0.1, -0.05) is 12.1 Å². The molecule has 3 aromatic rings. The lowest BCUT2D eigenvalue weighted by Gasteiger charge is -2.34. The van der Waals surface area contributed by atoms with E-state index in [1.807, 2.05) is 24.3 Å². The molecule has 1 fully saturated rings. The number of hydrogen-bond acceptors (Lipinski definition) is 8. The number of amides is 1. The maximum atomic E-state index is 12.5. The molecule has 0 atom stereocenters. The smallest absolute Gasteiger partial charge is 0.234 e. The average molecular weight is 502 g/mol. The number of aromatic nitrogens is 2. The van der Waals surface area contributed by atoms with Crippen molar-refractivity contribution in [1.29, 1.82) is 0 Å². The molecule has 0 unspecified atom stereocenters. The number of carbonyl (C=O) groups is 1. The highest BCUT2D eigenvalue weighted by atomic mass is 16.5. The number of anilines is 2. The Morgan fingerprint density at radius 1 is 0.919 bits per heavy atom. The fourth-order valence-electron chi connectivity index (χ4n) is 4.90. The summed E-state index contributed by atoms with van der Waals surface area (Å²) in [6.07, 6.45) is 1.78. The second-order valence-electron chi connectivity index (χ2n) is 9.76. The predicted octanol–water partition coefficient (Wildman–Crippen LogP) is 2.58. The Bertz CT molecular complexity index is 1230. The van der Waals surface area contributed by atoms with Crippen LogP contribution in [0.2, 0.25) is 0 Å². The van der Waals surface area contributed by atoms with E-state index in [0.29, 0.717) is 25.6 Å². The topological polar surface area (TPSA) is 85.9 Å². The van der Waals surface area contributed by atoms with Crippen LogP contribution in [0.4, 0.5) is 11.6 Å². The van der Waals surface area contributed by atoms with E-state index in [0.717, 1.165) is 67.5 Å². The zero-order valence-corrected chi connectivity index (χ0v) is 21.6. The molecule has 1 saturated heterocycles. The van der Waals surface area contributed by atoms with Gasteiger partial charge in [-0.2, -0.15) is 0 Å². The van der Waals surface area contributed by atoms with Gasteiger partial charge >= 0.3 is 0 Å². The summed E-state index contributed by atoms with van der Waals surface area (Å²) < 4.78 is 5.63. The van der Waals surface area contributed by atoms with Crippen LogP contribution < -0.4 is 15.4 Å². The molecule has 4 heterocycles. The average Bonchev–Trinajstić information content (AvgIpc) is 2.90. The summed E-state index contributed by atoms with van der Waals surface area (Å²) in [5.74, 6) is 1.48. The quantitative estimate of drug-likeness (QED) is 0.526. The molecule has 37 heavy (non-hydrogen) atoms. The minimum atomic E-state index is 0.0851. The third kappa shape index (κ3) is 6.62. The zero-order chi connectivity index (χ0) is 25.6. The number of rotatable bonds is 1. The molecule has 1 amide bonds. The molecule has 2 aromatic carbocycles. The highest BCUT2D eigenvalue weighted by Crippen LogP contribution is 2.27. The number of methoxy groups -OCH3 is 1. The van der Waals surface area contributed by atoms with Gasteiger partial charge < -0.3 is 20.3 Å². The van der Waals surface area contributed by atoms with Crippen molar-refractivity contribution in [2.24, 2.45) is 0 Å². The number of nitrogens with zero attached hydrogens (tertiary/aromatic N) is 5. The van der Waals surface area contributed by atoms with Crippen LogP contribution in [0.3, 0.4) is 0 Å². The number of ether oxygens (including phenoxy) is 1. The monoisotopic (exact) mass is 501 g/mol. The molecule has 6 rings (SSSR count). The van der Waals surface area contributed by atoms with Crippen LogP contribution in [0.1, 0.15) is 11.1 Å². The number of hydrogen-bond donors (Lipinski definition) is 2. The summed E-state index contributed by atoms with van der Waals surface area (Å²) in [5.41, 5.74) is 5.10. The number of carbonyl (C=O) groups excluding carboxylic acids is 1. The van der Waals surface area contributed by atoms with Gasteiger partial charge in [0.15, 0.2) is 0 Å². The Hall–Kier alpha value is -3.53. The zero-order valence-electron chi connectivity index (χ0n) is 21.6. The second kappa shape index (κ2) is 11.7. The first kappa shape index (κ1) is 25.1. The third-order valence-corrected chi connectivity index (χ3v) is 6.91. The molecule has 9 nitrogen and oxygen atoms in total. The number of piperazine rings is 1. The van der Waals surface area contributed by atoms with Gasteiger partial charge in [-0.05, 0) is 49.0 Å². The minimum Gasteiger partial charge on any atom is -0.496 e. The van der Waals surface area contributed by atoms with Crippen molar-refractivity contribution in [3.63, 3.8) is 0 Å². The first-order valence-corrected chi connectivity index (χ1v) is 12.8. The van der Waals surface area contributed by atoms with E-state index in [1.54, 1.807) is 13.3 Å². The fraction of sp³-hybridized carbons (Fsp3) is 0.393. The Balaban J connectivity index is 1.43. The van der Waals surface area contributed by atoms with Crippen LogP contribution in [0, 0.1) is 0 Å². The highest BCUT2D eigenvalue weighted by Gasteiger charge is 2.19. The van der Waals surface area contributed by atoms with Gasteiger partial charge in [0.2, 0.25) is 11.9 Å². The van der Waals surface area contributed by atoms with Gasteiger partial charge in [0.25, 0.3) is 0 Å². The van der Waals surface area contributed by atoms with Crippen LogP contribution in [0.25, 0.3) is 11.3 Å². The van der Waals surface area contributed by atoms with Crippen molar-refractivity contribution < 1.29 is 9.53 Å². The molecule has 194 valence electrons. The molecule has 2 N–H and O–H groups in total. The van der Waals surface area contributed by atoms with Crippen LogP contribution in [0.5, 0.6) is 5.75 Å². The normalized spacial score (nSPS) is 21.2. The standard InChI is InChI=1S/C28H35N7O2/c1-33-11-10-29-27(36)20-35-14-12-34(13-15-35)18-21-4-3-5-24(16-21)31-28-30-9-8-25(32-28)22-6-7-26(37-2)23(17-22)19-33/h3-9,16-17H,10-15,18-20H2,1-2H3,(H,29,36)(H,30,31,32). The van der Waals surface area contributed by atoms with Gasteiger partial charge in [0.1, 0.15) is 5.75 Å². The number of nitrogens with one attached hydrogen (secondary N) is 2. The second-order valence-corrected chi connectivity index (χ2v) is 9.76. The van der Waals surface area contributed by atoms with Crippen molar-refractivity contribution >= 4 is 17.5 Å². The van der Waals surface area contributed by atoms with Crippen LogP contribution >= 0.6 is 0 Å². The molecule has 8 bridgehead atoms. The van der Waals surface area contributed by atoms with E-state index >= 15 is 0 Å². The summed E-state index contributed by atoms with van der Waals surface area (Å²) >= 11 is 0. The molecule has 0 spiro atoms. The minimum absolute atomic E-state index is 0.0851. The molecule has 1 aromatic heterocycles. The molecule has 0 saturated carbocycles. The van der Waals surface area contributed by atoms with Crippen molar-refractivity contribution in [3.8, 4) is 17.0 Å². The summed E-state index contributed by atoms with van der Waals surface area (Å²) in [7, 11) is 3.74. The molecule has 0 aliphatic carbocycles. The number of benzene rings is 2. The van der Waals surface area contributed by atoms with Crippen LogP contribution in [-0.2, 0) is 17.9 Å². The fourth-order valence-corrected chi connectivity index (χ4v) is 4.90. The van der Waals surface area contributed by atoms with E-state index in [4.69, 9.17) is 9.72 Å². The largest absolute Gasteiger partial charge is 0.496 e. The first-order chi connectivity index (χ1) is 18.1. The number of fused-ring (bicyclic) bond motifs is 8. The molecule has 0 radical (unpaired) electrons. The van der Waals surface area contributed by atoms with Crippen LogP contribution in [0.15, 0.2) is 54.7 Å².